The predicted molar refractivity (Wildman–Crippen MR) is 63.9 cm³/mol. The van der Waals surface area contributed by atoms with Gasteiger partial charge in [-0.15, -0.1) is 0 Å². The van der Waals surface area contributed by atoms with E-state index < -0.39 is 0 Å². The van der Waals surface area contributed by atoms with Crippen molar-refractivity contribution < 1.29 is 4.79 Å². The van der Waals surface area contributed by atoms with E-state index in [1.165, 1.54) is 12.8 Å². The molecule has 0 aliphatic heterocycles. The first-order valence-electron chi connectivity index (χ1n) is 6.38. The zero-order valence-electron chi connectivity index (χ0n) is 10.1. The van der Waals surface area contributed by atoms with Crippen molar-refractivity contribution in [3.63, 3.8) is 0 Å². The largest absolute Gasteiger partial charge is 0.350 e. The van der Waals surface area contributed by atoms with Crippen LogP contribution in [0.1, 0.15) is 46.8 Å². The number of hydrogen-bond acceptors (Lipinski definition) is 3. The second kappa shape index (κ2) is 4.09. The van der Waals surface area contributed by atoms with Crippen molar-refractivity contribution in [3.8, 4) is 0 Å². The lowest BCUT2D eigenvalue weighted by Crippen LogP contribution is -2.28. The zero-order valence-corrected chi connectivity index (χ0v) is 10.1. The number of carbonyl (C=O) groups is 1. The summed E-state index contributed by atoms with van der Waals surface area (Å²) in [5, 5.41) is 2.99. The summed E-state index contributed by atoms with van der Waals surface area (Å²) in [5.74, 6) is 1.40. The molecule has 1 fully saturated rings. The van der Waals surface area contributed by atoms with Gasteiger partial charge in [-0.2, -0.15) is 0 Å². The molecule has 1 aromatic heterocycles. The van der Waals surface area contributed by atoms with E-state index in [1.54, 1.807) is 0 Å². The van der Waals surface area contributed by atoms with Gasteiger partial charge >= 0.3 is 0 Å². The maximum atomic E-state index is 12.1. The first-order valence-corrected chi connectivity index (χ1v) is 6.38. The van der Waals surface area contributed by atoms with Gasteiger partial charge in [0.2, 0.25) is 0 Å². The van der Waals surface area contributed by atoms with Crippen LogP contribution in [0.4, 0.5) is 0 Å². The second-order valence-electron chi connectivity index (χ2n) is 5.05. The summed E-state index contributed by atoms with van der Waals surface area (Å²) in [6.45, 7) is 2.66. The van der Waals surface area contributed by atoms with Gasteiger partial charge in [-0.05, 0) is 44.9 Å². The number of rotatable bonds is 3. The molecule has 4 nitrogen and oxygen atoms in total. The zero-order chi connectivity index (χ0) is 11.8. The number of nitrogens with one attached hydrogen (secondary N) is 1. The molecule has 0 saturated heterocycles. The molecule has 4 heteroatoms. The molecular formula is C13H17N3O. The van der Waals surface area contributed by atoms with Gasteiger partial charge in [0.15, 0.2) is 0 Å². The van der Waals surface area contributed by atoms with E-state index in [4.69, 9.17) is 0 Å². The van der Waals surface area contributed by atoms with Crippen LogP contribution in [0.3, 0.4) is 0 Å². The van der Waals surface area contributed by atoms with Gasteiger partial charge in [0, 0.05) is 17.8 Å². The Morgan fingerprint density at radius 3 is 2.94 bits per heavy atom. The Labute approximate surface area is 101 Å². The molecule has 1 saturated carbocycles. The Morgan fingerprint density at radius 1 is 1.35 bits per heavy atom. The summed E-state index contributed by atoms with van der Waals surface area (Å²) in [7, 11) is 0. The molecule has 3 rings (SSSR count). The molecule has 1 N–H and O–H groups in total. The van der Waals surface area contributed by atoms with E-state index in [1.807, 2.05) is 6.92 Å². The third-order valence-electron chi connectivity index (χ3n) is 3.51. The van der Waals surface area contributed by atoms with Crippen molar-refractivity contribution in [1.82, 2.24) is 15.3 Å². The first kappa shape index (κ1) is 10.7. The van der Waals surface area contributed by atoms with Gasteiger partial charge in [0.25, 0.3) is 5.91 Å². The third-order valence-corrected chi connectivity index (χ3v) is 3.51. The van der Waals surface area contributed by atoms with Crippen LogP contribution in [-0.4, -0.2) is 22.4 Å². The molecule has 1 aromatic rings. The molecule has 17 heavy (non-hydrogen) atoms. The number of aromatic nitrogens is 2. The van der Waals surface area contributed by atoms with Crippen LogP contribution >= 0.6 is 0 Å². The summed E-state index contributed by atoms with van der Waals surface area (Å²) in [4.78, 5) is 20.8. The van der Waals surface area contributed by atoms with Crippen molar-refractivity contribution in [2.24, 2.45) is 5.92 Å². The second-order valence-corrected chi connectivity index (χ2v) is 5.05. The van der Waals surface area contributed by atoms with Crippen LogP contribution in [0.25, 0.3) is 0 Å². The van der Waals surface area contributed by atoms with Gasteiger partial charge in [-0.1, -0.05) is 0 Å². The smallest absolute Gasteiger partial charge is 0.270 e. The Balaban J connectivity index is 1.82. The Bertz CT molecular complexity index is 466. The lowest BCUT2D eigenvalue weighted by molar-refractivity contribution is 0.0945. The standard InChI is InChI=1S/C13H17N3O/c1-8-15-11-4-2-3-10(11)12(16-8)13(17)14-7-9-5-6-9/h9H,2-7H2,1H3,(H,14,17). The summed E-state index contributed by atoms with van der Waals surface area (Å²) in [5.41, 5.74) is 2.77. The highest BCUT2D eigenvalue weighted by atomic mass is 16.1. The lowest BCUT2D eigenvalue weighted by Gasteiger charge is -2.08. The third kappa shape index (κ3) is 2.16. The Kier molecular flexibility index (Phi) is 2.57. The summed E-state index contributed by atoms with van der Waals surface area (Å²) < 4.78 is 0. The Hall–Kier alpha value is -1.45. The number of aryl methyl sites for hydroxylation is 2. The van der Waals surface area contributed by atoms with Gasteiger partial charge in [0.1, 0.15) is 11.5 Å². The molecule has 0 bridgehead atoms. The first-order chi connectivity index (χ1) is 8.24. The van der Waals surface area contributed by atoms with E-state index in [-0.39, 0.29) is 5.91 Å². The van der Waals surface area contributed by atoms with Crippen molar-refractivity contribution in [1.29, 1.82) is 0 Å². The van der Waals surface area contributed by atoms with Crippen LogP contribution in [0.5, 0.6) is 0 Å². The maximum Gasteiger partial charge on any atom is 0.270 e. The van der Waals surface area contributed by atoms with E-state index in [2.05, 4.69) is 15.3 Å². The maximum absolute atomic E-state index is 12.1. The highest BCUT2D eigenvalue weighted by Crippen LogP contribution is 2.28. The van der Waals surface area contributed by atoms with E-state index in [9.17, 15) is 4.79 Å². The molecule has 0 atom stereocenters. The average Bonchev–Trinajstić information content (AvgIpc) is 3.02. The minimum absolute atomic E-state index is 0.0134. The number of nitrogens with zero attached hydrogens (tertiary/aromatic N) is 2. The molecule has 2 aliphatic carbocycles. The van der Waals surface area contributed by atoms with Crippen molar-refractivity contribution in [2.75, 3.05) is 6.54 Å². The summed E-state index contributed by atoms with van der Waals surface area (Å²) in [6, 6.07) is 0. The summed E-state index contributed by atoms with van der Waals surface area (Å²) >= 11 is 0. The topological polar surface area (TPSA) is 54.9 Å². The van der Waals surface area contributed by atoms with Gasteiger partial charge < -0.3 is 5.32 Å². The fourth-order valence-electron chi connectivity index (χ4n) is 2.39. The summed E-state index contributed by atoms with van der Waals surface area (Å²) in [6.07, 6.45) is 5.53. The van der Waals surface area contributed by atoms with E-state index in [0.29, 0.717) is 17.4 Å². The molecular weight excluding hydrogens is 214 g/mol. The van der Waals surface area contributed by atoms with Crippen molar-refractivity contribution in [3.05, 3.63) is 22.8 Å². The SMILES string of the molecule is Cc1nc2c(c(C(=O)NCC3CC3)n1)CCC2. The Morgan fingerprint density at radius 2 is 2.18 bits per heavy atom. The van der Waals surface area contributed by atoms with Gasteiger partial charge in [-0.25, -0.2) is 9.97 Å². The molecule has 1 heterocycles. The van der Waals surface area contributed by atoms with Crippen LogP contribution in [0.15, 0.2) is 0 Å². The molecule has 2 aliphatic rings. The lowest BCUT2D eigenvalue weighted by atomic mass is 10.1. The molecule has 0 unspecified atom stereocenters. The fourth-order valence-corrected chi connectivity index (χ4v) is 2.39. The highest BCUT2D eigenvalue weighted by Gasteiger charge is 2.25. The molecule has 0 radical (unpaired) electrons. The van der Waals surface area contributed by atoms with Gasteiger partial charge in [0.05, 0.1) is 0 Å². The van der Waals surface area contributed by atoms with E-state index in [0.717, 1.165) is 37.1 Å². The van der Waals surface area contributed by atoms with Crippen LogP contribution in [0.2, 0.25) is 0 Å². The fraction of sp³-hybridized carbons (Fsp3) is 0.615. The number of carbonyl (C=O) groups excluding carboxylic acids is 1. The molecule has 1 amide bonds. The van der Waals surface area contributed by atoms with Crippen molar-refractivity contribution in [2.45, 2.75) is 39.0 Å². The number of fused-ring (bicyclic) bond motifs is 1. The molecule has 0 spiro atoms. The normalized spacial score (nSPS) is 17.9. The van der Waals surface area contributed by atoms with E-state index >= 15 is 0 Å². The molecule has 90 valence electrons. The minimum Gasteiger partial charge on any atom is -0.350 e. The monoisotopic (exact) mass is 231 g/mol. The average molecular weight is 231 g/mol. The predicted octanol–water partition coefficient (Wildman–Crippen LogP) is 1.41. The highest BCUT2D eigenvalue weighted by molar-refractivity contribution is 5.94. The quantitative estimate of drug-likeness (QED) is 0.855. The van der Waals surface area contributed by atoms with Crippen LogP contribution in [0, 0.1) is 12.8 Å². The molecule has 0 aromatic carbocycles. The van der Waals surface area contributed by atoms with Gasteiger partial charge in [-0.3, -0.25) is 4.79 Å². The van der Waals surface area contributed by atoms with Crippen molar-refractivity contribution >= 4 is 5.91 Å². The number of hydrogen-bond donors (Lipinski definition) is 1. The number of amides is 1. The van der Waals surface area contributed by atoms with Crippen LogP contribution < -0.4 is 5.32 Å². The van der Waals surface area contributed by atoms with Crippen LogP contribution in [-0.2, 0) is 12.8 Å². The minimum atomic E-state index is -0.0134.